The molecule has 1 aliphatic heterocycles. The van der Waals surface area contributed by atoms with Crippen molar-refractivity contribution in [3.05, 3.63) is 59.7 Å². The highest BCUT2D eigenvalue weighted by Crippen LogP contribution is 2.39. The van der Waals surface area contributed by atoms with E-state index in [1.165, 1.54) is 11.6 Å². The van der Waals surface area contributed by atoms with Crippen LogP contribution in [0, 0.1) is 0 Å². The van der Waals surface area contributed by atoms with Crippen molar-refractivity contribution in [3.63, 3.8) is 0 Å². The predicted molar refractivity (Wildman–Crippen MR) is 107 cm³/mol. The van der Waals surface area contributed by atoms with Crippen LogP contribution in [0.15, 0.2) is 53.5 Å². The van der Waals surface area contributed by atoms with Crippen LogP contribution in [-0.4, -0.2) is 42.8 Å². The summed E-state index contributed by atoms with van der Waals surface area (Å²) in [4.78, 5) is 8.07. The first kappa shape index (κ1) is 20.5. The maximum Gasteiger partial charge on any atom is 0.418 e. The van der Waals surface area contributed by atoms with E-state index in [2.05, 4.69) is 22.0 Å². The number of hydrogen-bond donors (Lipinski definition) is 1. The van der Waals surface area contributed by atoms with Crippen LogP contribution in [0.3, 0.4) is 0 Å². The maximum atomic E-state index is 13.5. The first-order valence-corrected chi connectivity index (χ1v) is 9.52. The minimum atomic E-state index is -4.52. The molecule has 4 nitrogen and oxygen atoms in total. The highest BCUT2D eigenvalue weighted by atomic mass is 35.5. The Morgan fingerprint density at radius 1 is 1.04 bits per heavy atom. The van der Waals surface area contributed by atoms with Crippen LogP contribution in [0.25, 0.3) is 0 Å². The fourth-order valence-corrected chi connectivity index (χ4v) is 3.30. The fourth-order valence-electron chi connectivity index (χ4n) is 3.24. The van der Waals surface area contributed by atoms with Gasteiger partial charge in [0, 0.05) is 38.4 Å². The van der Waals surface area contributed by atoms with Crippen LogP contribution in [0.2, 0.25) is 0 Å². The van der Waals surface area contributed by atoms with E-state index in [9.17, 15) is 13.2 Å². The molecular formula is C20H22ClF3N4. The molecule has 0 spiro atoms. The van der Waals surface area contributed by atoms with Gasteiger partial charge < -0.3 is 10.6 Å². The molecule has 0 unspecified atom stereocenters. The first-order chi connectivity index (χ1) is 13.4. The molecule has 0 aromatic heterocycles. The second kappa shape index (κ2) is 8.84. The summed E-state index contributed by atoms with van der Waals surface area (Å²) in [7, 11) is 0. The number of alkyl halides is 4. The normalized spacial score (nSPS) is 16.4. The number of hydrogen-bond acceptors (Lipinski definition) is 3. The molecule has 0 radical (unpaired) electrons. The fraction of sp³-hybridized carbons (Fsp3) is 0.350. The van der Waals surface area contributed by atoms with E-state index in [0.717, 1.165) is 25.7 Å². The van der Waals surface area contributed by atoms with Crippen molar-refractivity contribution in [2.45, 2.75) is 12.7 Å². The van der Waals surface area contributed by atoms with E-state index < -0.39 is 11.7 Å². The van der Waals surface area contributed by atoms with Crippen molar-refractivity contribution in [2.24, 2.45) is 10.7 Å². The van der Waals surface area contributed by atoms with Crippen LogP contribution in [0.5, 0.6) is 0 Å². The smallest absolute Gasteiger partial charge is 0.386 e. The van der Waals surface area contributed by atoms with Crippen molar-refractivity contribution in [2.75, 3.05) is 37.0 Å². The van der Waals surface area contributed by atoms with Gasteiger partial charge in [-0.05, 0) is 23.8 Å². The number of benzene rings is 2. The van der Waals surface area contributed by atoms with Crippen molar-refractivity contribution >= 4 is 28.8 Å². The molecule has 1 heterocycles. The second-order valence-electron chi connectivity index (χ2n) is 6.68. The summed E-state index contributed by atoms with van der Waals surface area (Å²) in [5.74, 6) is -0.169. The molecule has 150 valence electrons. The summed E-state index contributed by atoms with van der Waals surface area (Å²) in [6, 6.07) is 14.3. The zero-order valence-electron chi connectivity index (χ0n) is 15.3. The molecule has 2 aromatic rings. The van der Waals surface area contributed by atoms with Gasteiger partial charge in [-0.2, -0.15) is 13.2 Å². The third-order valence-corrected chi connectivity index (χ3v) is 4.95. The zero-order valence-corrected chi connectivity index (χ0v) is 16.0. The van der Waals surface area contributed by atoms with Gasteiger partial charge in [-0.3, -0.25) is 4.90 Å². The Morgan fingerprint density at radius 2 is 1.71 bits per heavy atom. The van der Waals surface area contributed by atoms with Gasteiger partial charge >= 0.3 is 6.18 Å². The maximum absolute atomic E-state index is 13.5. The molecule has 1 aliphatic rings. The molecule has 0 saturated carbocycles. The molecule has 1 saturated heterocycles. The quantitative estimate of drug-likeness (QED) is 0.455. The van der Waals surface area contributed by atoms with Gasteiger partial charge in [0.05, 0.1) is 17.1 Å². The van der Waals surface area contributed by atoms with Gasteiger partial charge in [0.1, 0.15) is 5.84 Å². The van der Waals surface area contributed by atoms with Crippen molar-refractivity contribution < 1.29 is 13.2 Å². The lowest BCUT2D eigenvalue weighted by Gasteiger charge is -2.36. The summed E-state index contributed by atoms with van der Waals surface area (Å²) in [6.07, 6.45) is -4.52. The molecule has 3 rings (SSSR count). The lowest BCUT2D eigenvalue weighted by Crippen LogP contribution is -2.46. The molecule has 0 aliphatic carbocycles. The van der Waals surface area contributed by atoms with E-state index in [0.29, 0.717) is 18.8 Å². The van der Waals surface area contributed by atoms with Gasteiger partial charge in [0.2, 0.25) is 0 Å². The highest BCUT2D eigenvalue weighted by molar-refractivity contribution is 6.28. The Hall–Kier alpha value is -2.25. The average molecular weight is 411 g/mol. The molecule has 1 fully saturated rings. The Morgan fingerprint density at radius 3 is 2.32 bits per heavy atom. The van der Waals surface area contributed by atoms with Crippen molar-refractivity contribution in [3.8, 4) is 0 Å². The predicted octanol–water partition coefficient (Wildman–Crippen LogP) is 4.26. The molecule has 2 N–H and O–H groups in total. The van der Waals surface area contributed by atoms with Crippen molar-refractivity contribution in [1.29, 1.82) is 0 Å². The molecule has 0 amide bonds. The third-order valence-electron chi connectivity index (χ3n) is 4.67. The first-order valence-electron chi connectivity index (χ1n) is 8.98. The molecule has 0 bridgehead atoms. The van der Waals surface area contributed by atoms with Gasteiger partial charge in [0.25, 0.3) is 0 Å². The Bertz CT molecular complexity index is 816. The number of rotatable bonds is 5. The molecule has 0 atom stereocenters. The topological polar surface area (TPSA) is 44.9 Å². The van der Waals surface area contributed by atoms with E-state index in [1.807, 2.05) is 23.1 Å². The van der Waals surface area contributed by atoms with Crippen LogP contribution in [0.4, 0.5) is 24.5 Å². The summed E-state index contributed by atoms with van der Waals surface area (Å²) < 4.78 is 40.5. The number of halogens is 4. The zero-order chi connectivity index (χ0) is 20.1. The Kier molecular flexibility index (Phi) is 6.46. The third kappa shape index (κ3) is 5.17. The van der Waals surface area contributed by atoms with Gasteiger partial charge in [-0.25, -0.2) is 4.99 Å². The van der Waals surface area contributed by atoms with E-state index in [-0.39, 0.29) is 17.4 Å². The molecule has 2 aromatic carbocycles. The van der Waals surface area contributed by atoms with E-state index in [4.69, 9.17) is 17.3 Å². The standard InChI is InChI=1S/C20H22ClF3N4/c21-13-19(25)26-18-7-6-16(12-17(18)20(22,23)24)28-10-8-27(9-11-28)14-15-4-2-1-3-5-15/h1-7,12H,8-11,13-14H2,(H2,25,26). The van der Waals surface area contributed by atoms with Crippen LogP contribution >= 0.6 is 11.6 Å². The van der Waals surface area contributed by atoms with Crippen LogP contribution < -0.4 is 10.6 Å². The van der Waals surface area contributed by atoms with Crippen molar-refractivity contribution in [1.82, 2.24) is 4.90 Å². The van der Waals surface area contributed by atoms with Gasteiger partial charge in [0.15, 0.2) is 0 Å². The van der Waals surface area contributed by atoms with Gasteiger partial charge in [-0.15, -0.1) is 11.6 Å². The number of piperazine rings is 1. The number of nitrogens with zero attached hydrogens (tertiary/aromatic N) is 3. The van der Waals surface area contributed by atoms with E-state index >= 15 is 0 Å². The summed E-state index contributed by atoms with van der Waals surface area (Å²) in [5, 5.41) is 0. The minimum Gasteiger partial charge on any atom is -0.386 e. The lowest BCUT2D eigenvalue weighted by atomic mass is 10.1. The average Bonchev–Trinajstić information content (AvgIpc) is 2.69. The summed E-state index contributed by atoms with van der Waals surface area (Å²) in [5.41, 5.74) is 6.27. The molecule has 8 heteroatoms. The van der Waals surface area contributed by atoms with E-state index in [1.54, 1.807) is 6.07 Å². The lowest BCUT2D eigenvalue weighted by molar-refractivity contribution is -0.137. The van der Waals surface area contributed by atoms with Gasteiger partial charge in [-0.1, -0.05) is 30.3 Å². The number of nitrogens with two attached hydrogens (primary N) is 1. The Labute approximate surface area is 167 Å². The minimum absolute atomic E-state index is 0.0468. The monoisotopic (exact) mass is 410 g/mol. The second-order valence-corrected chi connectivity index (χ2v) is 6.95. The number of amidine groups is 1. The SMILES string of the molecule is NC(CCl)=Nc1ccc(N2CCN(Cc3ccccc3)CC2)cc1C(F)(F)F. The largest absolute Gasteiger partial charge is 0.418 e. The van der Waals surface area contributed by atoms with Crippen LogP contribution in [-0.2, 0) is 12.7 Å². The highest BCUT2D eigenvalue weighted by Gasteiger charge is 2.34. The van der Waals surface area contributed by atoms with Crippen LogP contribution in [0.1, 0.15) is 11.1 Å². The molecular weight excluding hydrogens is 389 g/mol. The Balaban J connectivity index is 1.72. The number of anilines is 1. The summed E-state index contributed by atoms with van der Waals surface area (Å²) in [6.45, 7) is 3.74. The summed E-state index contributed by atoms with van der Waals surface area (Å²) >= 11 is 5.54. The number of aliphatic imine (C=N–C) groups is 1. The molecule has 28 heavy (non-hydrogen) atoms.